The van der Waals surface area contributed by atoms with Gasteiger partial charge in [-0.1, -0.05) is 30.3 Å². The lowest BCUT2D eigenvalue weighted by Gasteiger charge is -2.23. The predicted molar refractivity (Wildman–Crippen MR) is 121 cm³/mol. The maximum absolute atomic E-state index is 12.1. The molecule has 2 aromatic carbocycles. The van der Waals surface area contributed by atoms with Crippen molar-refractivity contribution in [2.75, 3.05) is 40.1 Å². The third-order valence-electron chi connectivity index (χ3n) is 5.34. The zero-order chi connectivity index (χ0) is 23.5. The van der Waals surface area contributed by atoms with E-state index in [1.54, 1.807) is 7.11 Å². The second kappa shape index (κ2) is 12.8. The molecule has 1 atom stereocenters. The standard InChI is InChI=1S/C25H31NO7/c1-30-21-7-4-5-19(15-21)9-10-20-6-2-3-8-23(20)32-17-22(16-26-13-14-31-18-26)33-25(29)12-11-24(27)28/h2-8,15,22H,9-14,16-18H2,1H3,(H,27,28). The Kier molecular flexibility index (Phi) is 9.53. The fourth-order valence-corrected chi connectivity index (χ4v) is 3.60. The van der Waals surface area contributed by atoms with Crippen LogP contribution in [0.5, 0.6) is 11.5 Å². The molecule has 0 bridgehead atoms. The second-order valence-electron chi connectivity index (χ2n) is 7.89. The van der Waals surface area contributed by atoms with Gasteiger partial charge in [0.25, 0.3) is 0 Å². The number of hydrogen-bond acceptors (Lipinski definition) is 7. The first-order valence-corrected chi connectivity index (χ1v) is 11.1. The average Bonchev–Trinajstić information content (AvgIpc) is 3.33. The third-order valence-corrected chi connectivity index (χ3v) is 5.34. The first-order chi connectivity index (χ1) is 16.0. The second-order valence-corrected chi connectivity index (χ2v) is 7.89. The number of carbonyl (C=O) groups is 2. The number of aryl methyl sites for hydroxylation is 2. The van der Waals surface area contributed by atoms with E-state index in [4.69, 9.17) is 24.1 Å². The van der Waals surface area contributed by atoms with Crippen LogP contribution in [0.3, 0.4) is 0 Å². The summed E-state index contributed by atoms with van der Waals surface area (Å²) in [5, 5.41) is 8.81. The van der Waals surface area contributed by atoms with Crippen LogP contribution in [0.15, 0.2) is 48.5 Å². The number of rotatable bonds is 13. The van der Waals surface area contributed by atoms with E-state index < -0.39 is 18.0 Å². The van der Waals surface area contributed by atoms with E-state index in [-0.39, 0.29) is 19.4 Å². The van der Waals surface area contributed by atoms with Gasteiger partial charge in [0, 0.05) is 13.1 Å². The molecule has 2 aromatic rings. The van der Waals surface area contributed by atoms with E-state index in [1.807, 2.05) is 47.4 Å². The number of nitrogens with zero attached hydrogens (tertiary/aromatic N) is 1. The lowest BCUT2D eigenvalue weighted by atomic mass is 10.0. The molecule has 1 N–H and O–H groups in total. The minimum absolute atomic E-state index is 0.167. The molecule has 1 aliphatic rings. The summed E-state index contributed by atoms with van der Waals surface area (Å²) >= 11 is 0. The minimum Gasteiger partial charge on any atom is -0.497 e. The Morgan fingerprint density at radius 3 is 2.73 bits per heavy atom. The van der Waals surface area contributed by atoms with Crippen molar-refractivity contribution in [2.24, 2.45) is 0 Å². The van der Waals surface area contributed by atoms with Crippen LogP contribution in [-0.2, 0) is 31.9 Å². The number of carboxylic acids is 1. The van der Waals surface area contributed by atoms with Gasteiger partial charge in [0.05, 0.1) is 33.3 Å². The number of esters is 1. The van der Waals surface area contributed by atoms with Crippen LogP contribution in [0, 0.1) is 0 Å². The molecule has 1 unspecified atom stereocenters. The van der Waals surface area contributed by atoms with Crippen molar-refractivity contribution in [2.45, 2.75) is 31.8 Å². The summed E-state index contributed by atoms with van der Waals surface area (Å²) in [5.74, 6) is -0.00443. The quantitative estimate of drug-likeness (QED) is 0.459. The molecule has 0 aliphatic carbocycles. The van der Waals surface area contributed by atoms with Gasteiger partial charge in [-0.25, -0.2) is 0 Å². The molecule has 1 saturated heterocycles. The van der Waals surface area contributed by atoms with Gasteiger partial charge in [0.2, 0.25) is 0 Å². The third kappa shape index (κ3) is 8.40. The Hall–Kier alpha value is -3.10. The minimum atomic E-state index is -1.03. The maximum Gasteiger partial charge on any atom is 0.306 e. The Labute approximate surface area is 194 Å². The maximum atomic E-state index is 12.1. The highest BCUT2D eigenvalue weighted by molar-refractivity contribution is 5.76. The molecule has 178 valence electrons. The van der Waals surface area contributed by atoms with Crippen LogP contribution in [0.2, 0.25) is 0 Å². The molecular formula is C25H31NO7. The summed E-state index contributed by atoms with van der Waals surface area (Å²) in [7, 11) is 1.65. The van der Waals surface area contributed by atoms with Crippen LogP contribution in [0.25, 0.3) is 0 Å². The summed E-state index contributed by atoms with van der Waals surface area (Å²) in [6, 6.07) is 15.8. The van der Waals surface area contributed by atoms with Gasteiger partial charge >= 0.3 is 11.9 Å². The predicted octanol–water partition coefficient (Wildman–Crippen LogP) is 2.93. The topological polar surface area (TPSA) is 94.5 Å². The van der Waals surface area contributed by atoms with Gasteiger partial charge in [-0.3, -0.25) is 14.5 Å². The number of carbonyl (C=O) groups excluding carboxylic acids is 1. The van der Waals surface area contributed by atoms with E-state index in [1.165, 1.54) is 5.56 Å². The number of ether oxygens (including phenoxy) is 4. The summed E-state index contributed by atoms with van der Waals surface area (Å²) in [4.78, 5) is 24.9. The van der Waals surface area contributed by atoms with Gasteiger partial charge in [-0.15, -0.1) is 0 Å². The normalized spacial score (nSPS) is 14.6. The van der Waals surface area contributed by atoms with E-state index in [0.29, 0.717) is 19.9 Å². The molecule has 8 heteroatoms. The number of aliphatic carboxylic acids is 1. The molecule has 3 rings (SSSR count). The average molecular weight is 458 g/mol. The highest BCUT2D eigenvalue weighted by Crippen LogP contribution is 2.22. The van der Waals surface area contributed by atoms with Gasteiger partial charge in [-0.2, -0.15) is 0 Å². The summed E-state index contributed by atoms with van der Waals surface area (Å²) in [6.07, 6.45) is 0.661. The van der Waals surface area contributed by atoms with Gasteiger partial charge in [0.15, 0.2) is 0 Å². The summed E-state index contributed by atoms with van der Waals surface area (Å²) < 4.78 is 22.3. The largest absolute Gasteiger partial charge is 0.497 e. The zero-order valence-corrected chi connectivity index (χ0v) is 18.9. The number of benzene rings is 2. The van der Waals surface area contributed by atoms with Crippen molar-refractivity contribution in [1.82, 2.24) is 4.90 Å². The molecule has 8 nitrogen and oxygen atoms in total. The molecule has 33 heavy (non-hydrogen) atoms. The van der Waals surface area contributed by atoms with Crippen LogP contribution in [0.1, 0.15) is 24.0 Å². The summed E-state index contributed by atoms with van der Waals surface area (Å²) in [6.45, 7) is 2.49. The van der Waals surface area contributed by atoms with Crippen molar-refractivity contribution >= 4 is 11.9 Å². The zero-order valence-electron chi connectivity index (χ0n) is 18.9. The van der Waals surface area contributed by atoms with Crippen LogP contribution >= 0.6 is 0 Å². The molecule has 1 aliphatic heterocycles. The molecular weight excluding hydrogens is 426 g/mol. The smallest absolute Gasteiger partial charge is 0.306 e. The number of para-hydroxylation sites is 1. The molecule has 0 radical (unpaired) electrons. The Morgan fingerprint density at radius 1 is 1.12 bits per heavy atom. The van der Waals surface area contributed by atoms with E-state index in [9.17, 15) is 9.59 Å². The lowest BCUT2D eigenvalue weighted by molar-refractivity contribution is -0.154. The van der Waals surface area contributed by atoms with Crippen molar-refractivity contribution in [3.8, 4) is 11.5 Å². The lowest BCUT2D eigenvalue weighted by Crippen LogP contribution is -2.37. The van der Waals surface area contributed by atoms with Crippen LogP contribution in [-0.4, -0.2) is 68.2 Å². The molecule has 0 amide bonds. The SMILES string of the molecule is COc1cccc(CCc2ccccc2OCC(CN2CCOC2)OC(=O)CCC(=O)O)c1. The monoisotopic (exact) mass is 457 g/mol. The fraction of sp³-hybridized carbons (Fsp3) is 0.440. The number of methoxy groups -OCH3 is 1. The Morgan fingerprint density at radius 2 is 1.97 bits per heavy atom. The Bertz CT molecular complexity index is 911. The molecule has 0 aromatic heterocycles. The van der Waals surface area contributed by atoms with Crippen molar-refractivity contribution in [1.29, 1.82) is 0 Å². The first-order valence-electron chi connectivity index (χ1n) is 11.1. The Balaban J connectivity index is 1.60. The molecule has 1 heterocycles. The van der Waals surface area contributed by atoms with E-state index in [0.717, 1.165) is 36.4 Å². The van der Waals surface area contributed by atoms with Crippen molar-refractivity contribution in [3.63, 3.8) is 0 Å². The van der Waals surface area contributed by atoms with Crippen molar-refractivity contribution in [3.05, 3.63) is 59.7 Å². The molecule has 0 saturated carbocycles. The molecule has 0 spiro atoms. The van der Waals surface area contributed by atoms with E-state index >= 15 is 0 Å². The fourth-order valence-electron chi connectivity index (χ4n) is 3.60. The first kappa shape index (κ1) is 24.5. The molecule has 1 fully saturated rings. The number of carboxylic acid groups (broad SMARTS) is 1. The number of hydrogen-bond donors (Lipinski definition) is 1. The van der Waals surface area contributed by atoms with Crippen molar-refractivity contribution < 1.29 is 33.6 Å². The van der Waals surface area contributed by atoms with E-state index in [2.05, 4.69) is 6.07 Å². The van der Waals surface area contributed by atoms with Crippen LogP contribution in [0.4, 0.5) is 0 Å². The highest BCUT2D eigenvalue weighted by atomic mass is 16.6. The van der Waals surface area contributed by atoms with Gasteiger partial charge < -0.3 is 24.1 Å². The van der Waals surface area contributed by atoms with Crippen LogP contribution < -0.4 is 9.47 Å². The highest BCUT2D eigenvalue weighted by Gasteiger charge is 2.22. The summed E-state index contributed by atoms with van der Waals surface area (Å²) in [5.41, 5.74) is 2.23. The van der Waals surface area contributed by atoms with Gasteiger partial charge in [0.1, 0.15) is 24.2 Å². The van der Waals surface area contributed by atoms with Gasteiger partial charge in [-0.05, 0) is 42.2 Å².